The fourth-order valence-corrected chi connectivity index (χ4v) is 4.05. The molecule has 9 heteroatoms. The Labute approximate surface area is 183 Å². The Hall–Kier alpha value is -3.33. The van der Waals surface area contributed by atoms with E-state index in [2.05, 4.69) is 4.99 Å². The Morgan fingerprint density at radius 3 is 2.84 bits per heavy atom. The van der Waals surface area contributed by atoms with Gasteiger partial charge < -0.3 is 14.0 Å². The lowest BCUT2D eigenvalue weighted by Crippen LogP contribution is -2.35. The molecule has 9 nitrogen and oxygen atoms in total. The number of carbonyl (C=O) groups is 2. The Morgan fingerprint density at radius 1 is 1.28 bits per heavy atom. The van der Waals surface area contributed by atoms with Crippen LogP contribution in [0.3, 0.4) is 0 Å². The molecule has 0 unspecified atom stereocenters. The van der Waals surface area contributed by atoms with E-state index in [1.165, 1.54) is 10.5 Å². The maximum Gasteiger partial charge on any atom is 0.341 e. The molecule has 1 aliphatic carbocycles. The van der Waals surface area contributed by atoms with Gasteiger partial charge in [-0.25, -0.2) is 9.78 Å². The number of amides is 1. The molecule has 2 aliphatic rings. The van der Waals surface area contributed by atoms with Crippen molar-refractivity contribution >= 4 is 28.6 Å². The maximum absolute atomic E-state index is 13.3. The SMILES string of the molecule is CCOC(=O)c1cc2c(=O)n3ccccc3nc2n(C[C@@H]2CCCO2)c1=NC(=O)C1CC1. The van der Waals surface area contributed by atoms with Crippen molar-refractivity contribution in [1.82, 2.24) is 14.0 Å². The first-order valence-electron chi connectivity index (χ1n) is 11.0. The van der Waals surface area contributed by atoms with E-state index in [-0.39, 0.29) is 46.5 Å². The Kier molecular flexibility index (Phi) is 5.34. The minimum absolute atomic E-state index is 0.0844. The molecule has 0 radical (unpaired) electrons. The molecule has 1 amide bonds. The molecule has 0 N–H and O–H groups in total. The van der Waals surface area contributed by atoms with Gasteiger partial charge in [-0.1, -0.05) is 6.07 Å². The van der Waals surface area contributed by atoms with Crippen LogP contribution in [0.4, 0.5) is 0 Å². The molecule has 1 atom stereocenters. The highest BCUT2D eigenvalue weighted by Crippen LogP contribution is 2.30. The average Bonchev–Trinajstić information content (AvgIpc) is 3.52. The Balaban J connectivity index is 1.86. The van der Waals surface area contributed by atoms with Crippen molar-refractivity contribution in [3.8, 4) is 0 Å². The van der Waals surface area contributed by atoms with Gasteiger partial charge in [0.05, 0.1) is 24.6 Å². The quantitative estimate of drug-likeness (QED) is 0.447. The second-order valence-corrected chi connectivity index (χ2v) is 8.16. The summed E-state index contributed by atoms with van der Waals surface area (Å²) in [6.45, 7) is 2.84. The highest BCUT2D eigenvalue weighted by molar-refractivity contribution is 5.94. The number of esters is 1. The molecule has 0 bridgehead atoms. The number of rotatable bonds is 5. The van der Waals surface area contributed by atoms with Crippen molar-refractivity contribution in [2.24, 2.45) is 10.9 Å². The first kappa shape index (κ1) is 20.6. The zero-order valence-corrected chi connectivity index (χ0v) is 17.8. The summed E-state index contributed by atoms with van der Waals surface area (Å²) in [5.41, 5.74) is 0.788. The number of fused-ring (bicyclic) bond motifs is 2. The van der Waals surface area contributed by atoms with Gasteiger partial charge in [0, 0.05) is 18.7 Å². The van der Waals surface area contributed by atoms with E-state index in [9.17, 15) is 14.4 Å². The molecule has 1 saturated heterocycles. The number of carbonyl (C=O) groups excluding carboxylic acids is 2. The molecule has 0 aromatic carbocycles. The monoisotopic (exact) mass is 436 g/mol. The van der Waals surface area contributed by atoms with E-state index in [0.717, 1.165) is 25.7 Å². The van der Waals surface area contributed by atoms with Crippen LogP contribution in [0.1, 0.15) is 43.0 Å². The van der Waals surface area contributed by atoms with Crippen molar-refractivity contribution in [3.05, 3.63) is 51.9 Å². The first-order valence-corrected chi connectivity index (χ1v) is 11.0. The van der Waals surface area contributed by atoms with Crippen molar-refractivity contribution in [1.29, 1.82) is 0 Å². The van der Waals surface area contributed by atoms with Crippen LogP contribution in [0.15, 0.2) is 40.2 Å². The van der Waals surface area contributed by atoms with Crippen LogP contribution in [0.5, 0.6) is 0 Å². The number of hydrogen-bond donors (Lipinski definition) is 0. The number of nitrogens with zero attached hydrogens (tertiary/aromatic N) is 4. The van der Waals surface area contributed by atoms with Gasteiger partial charge in [-0.3, -0.25) is 14.0 Å². The fourth-order valence-electron chi connectivity index (χ4n) is 4.05. The fraction of sp³-hybridized carbons (Fsp3) is 0.435. The second kappa shape index (κ2) is 8.31. The summed E-state index contributed by atoms with van der Waals surface area (Å²) in [5.74, 6) is -1.02. The molecule has 1 saturated carbocycles. The summed E-state index contributed by atoms with van der Waals surface area (Å²) in [5, 5.41) is 0.257. The lowest BCUT2D eigenvalue weighted by atomic mass is 10.2. The van der Waals surface area contributed by atoms with Crippen molar-refractivity contribution < 1.29 is 19.1 Å². The number of hydrogen-bond acceptors (Lipinski definition) is 6. The zero-order valence-electron chi connectivity index (χ0n) is 17.8. The average molecular weight is 436 g/mol. The molecule has 1 aliphatic heterocycles. The van der Waals surface area contributed by atoms with Crippen LogP contribution < -0.4 is 11.0 Å². The summed E-state index contributed by atoms with van der Waals surface area (Å²) in [6.07, 6.45) is 4.85. The van der Waals surface area contributed by atoms with Crippen LogP contribution in [-0.2, 0) is 20.8 Å². The topological polar surface area (TPSA) is 104 Å². The van der Waals surface area contributed by atoms with Gasteiger partial charge in [0.25, 0.3) is 11.5 Å². The molecular weight excluding hydrogens is 412 g/mol. The summed E-state index contributed by atoms with van der Waals surface area (Å²) in [4.78, 5) is 47.9. The van der Waals surface area contributed by atoms with Gasteiger partial charge in [-0.2, -0.15) is 4.99 Å². The Bertz CT molecular complexity index is 1350. The summed E-state index contributed by atoms with van der Waals surface area (Å²) >= 11 is 0. The standard InChI is InChI=1S/C23H24N4O5/c1-2-31-23(30)17-12-16-19(24-18-7-3-4-10-26(18)22(16)29)27(13-15-6-5-11-32-15)20(17)25-21(28)14-8-9-14/h3-4,7,10,12,14-15H,2,5-6,8-9,11,13H2,1H3/t15-/m0/s1. The molecular formula is C23H24N4O5. The van der Waals surface area contributed by atoms with Crippen LogP contribution in [-0.4, -0.2) is 45.1 Å². The van der Waals surface area contributed by atoms with Crippen LogP contribution in [0.2, 0.25) is 0 Å². The predicted molar refractivity (Wildman–Crippen MR) is 115 cm³/mol. The van der Waals surface area contributed by atoms with E-state index in [1.54, 1.807) is 35.9 Å². The smallest absolute Gasteiger partial charge is 0.341 e. The second-order valence-electron chi connectivity index (χ2n) is 8.16. The third kappa shape index (κ3) is 3.73. The van der Waals surface area contributed by atoms with Crippen molar-refractivity contribution in [2.75, 3.05) is 13.2 Å². The van der Waals surface area contributed by atoms with E-state index in [0.29, 0.717) is 24.4 Å². The number of ether oxygens (including phenoxy) is 2. The third-order valence-electron chi connectivity index (χ3n) is 5.84. The normalized spacial score (nSPS) is 19.0. The van der Waals surface area contributed by atoms with Gasteiger partial charge in [-0.15, -0.1) is 0 Å². The van der Waals surface area contributed by atoms with Crippen LogP contribution in [0.25, 0.3) is 16.7 Å². The van der Waals surface area contributed by atoms with Gasteiger partial charge in [0.2, 0.25) is 0 Å². The lowest BCUT2D eigenvalue weighted by molar-refractivity contribution is -0.119. The third-order valence-corrected chi connectivity index (χ3v) is 5.84. The van der Waals surface area contributed by atoms with Gasteiger partial charge >= 0.3 is 5.97 Å². The molecule has 32 heavy (non-hydrogen) atoms. The van der Waals surface area contributed by atoms with Gasteiger partial charge in [0.15, 0.2) is 5.49 Å². The lowest BCUT2D eigenvalue weighted by Gasteiger charge is -2.18. The van der Waals surface area contributed by atoms with Gasteiger partial charge in [0.1, 0.15) is 16.9 Å². The molecule has 3 aromatic rings. The molecule has 2 fully saturated rings. The molecule has 3 aromatic heterocycles. The maximum atomic E-state index is 13.3. The largest absolute Gasteiger partial charge is 0.462 e. The number of pyridine rings is 2. The minimum atomic E-state index is -0.629. The molecule has 166 valence electrons. The summed E-state index contributed by atoms with van der Waals surface area (Å²) in [7, 11) is 0. The first-order chi connectivity index (χ1) is 15.6. The highest BCUT2D eigenvalue weighted by Gasteiger charge is 2.30. The minimum Gasteiger partial charge on any atom is -0.462 e. The highest BCUT2D eigenvalue weighted by atomic mass is 16.5. The van der Waals surface area contributed by atoms with E-state index in [4.69, 9.17) is 14.5 Å². The molecule has 0 spiro atoms. The summed E-state index contributed by atoms with van der Waals surface area (Å²) in [6, 6.07) is 6.73. The van der Waals surface area contributed by atoms with Crippen LogP contribution >= 0.6 is 0 Å². The molecule has 5 rings (SSSR count). The van der Waals surface area contributed by atoms with E-state index < -0.39 is 5.97 Å². The van der Waals surface area contributed by atoms with Crippen molar-refractivity contribution in [2.45, 2.75) is 45.3 Å². The van der Waals surface area contributed by atoms with E-state index >= 15 is 0 Å². The Morgan fingerprint density at radius 2 is 2.12 bits per heavy atom. The zero-order chi connectivity index (χ0) is 22.2. The van der Waals surface area contributed by atoms with Crippen LogP contribution in [0, 0.1) is 5.92 Å². The molecule has 4 heterocycles. The summed E-state index contributed by atoms with van der Waals surface area (Å²) < 4.78 is 14.2. The number of aromatic nitrogens is 3. The van der Waals surface area contributed by atoms with Gasteiger partial charge in [-0.05, 0) is 50.8 Å². The van der Waals surface area contributed by atoms with Crippen molar-refractivity contribution in [3.63, 3.8) is 0 Å². The van der Waals surface area contributed by atoms with E-state index in [1.807, 2.05) is 0 Å². The predicted octanol–water partition coefficient (Wildman–Crippen LogP) is 1.84.